The molecule has 0 amide bonds. The molecule has 318 valence electrons. The molecule has 2 nitrogen and oxygen atoms in total. The first-order chi connectivity index (χ1) is 33.7. The molecule has 0 fully saturated rings. The zero-order chi connectivity index (χ0) is 45.0. The van der Waals surface area contributed by atoms with Crippen LogP contribution in [0.2, 0.25) is 0 Å². The largest absolute Gasteiger partial charge is 0.310 e. The van der Waals surface area contributed by atoms with Crippen molar-refractivity contribution in [2.75, 3.05) is 4.90 Å². The lowest BCUT2D eigenvalue weighted by Gasteiger charge is -2.28. The van der Waals surface area contributed by atoms with Crippen LogP contribution in [0, 0.1) is 0 Å². The summed E-state index contributed by atoms with van der Waals surface area (Å²) in [5.41, 5.74) is 16.2. The first-order valence-electron chi connectivity index (χ1n) is 23.4. The Kier molecular flexibility index (Phi) is 9.54. The Bertz CT molecular complexity index is 3940. The number of para-hydroxylation sites is 1. The molecule has 0 unspecified atom stereocenters. The van der Waals surface area contributed by atoms with E-state index in [0.29, 0.717) is 0 Å². The highest BCUT2D eigenvalue weighted by atomic mass is 15.1. The lowest BCUT2D eigenvalue weighted by molar-refractivity contribution is 1.18. The van der Waals surface area contributed by atoms with Crippen molar-refractivity contribution in [1.29, 1.82) is 0 Å². The van der Waals surface area contributed by atoms with Gasteiger partial charge >= 0.3 is 0 Å². The lowest BCUT2D eigenvalue weighted by Crippen LogP contribution is -2.10. The second kappa shape index (κ2) is 16.5. The minimum absolute atomic E-state index is 1.07. The maximum Gasteiger partial charge on any atom is 0.0547 e. The van der Waals surface area contributed by atoms with Gasteiger partial charge in [-0.25, -0.2) is 0 Å². The number of hydrogen-bond donors (Lipinski definition) is 0. The summed E-state index contributed by atoms with van der Waals surface area (Å²) in [7, 11) is 0. The molecule has 0 saturated carbocycles. The third-order valence-electron chi connectivity index (χ3n) is 13.7. The van der Waals surface area contributed by atoms with E-state index < -0.39 is 0 Å². The normalized spacial score (nSPS) is 11.5. The van der Waals surface area contributed by atoms with Gasteiger partial charge in [-0.2, -0.15) is 0 Å². The third-order valence-corrected chi connectivity index (χ3v) is 13.7. The Balaban J connectivity index is 1.04. The fraction of sp³-hybridized carbons (Fsp3) is 0. The highest BCUT2D eigenvalue weighted by Gasteiger charge is 2.21. The lowest BCUT2D eigenvalue weighted by atomic mass is 9.93. The molecule has 1 heterocycles. The van der Waals surface area contributed by atoms with Gasteiger partial charge in [0.1, 0.15) is 0 Å². The van der Waals surface area contributed by atoms with E-state index in [1.54, 1.807) is 0 Å². The van der Waals surface area contributed by atoms with Crippen LogP contribution in [0.3, 0.4) is 0 Å². The summed E-state index contributed by atoms with van der Waals surface area (Å²) in [5.74, 6) is 0. The number of benzene rings is 12. The highest BCUT2D eigenvalue weighted by molar-refractivity contribution is 6.25. The number of fused-ring (bicyclic) bond motifs is 8. The molecule has 0 aliphatic heterocycles. The van der Waals surface area contributed by atoms with Crippen LogP contribution in [0.15, 0.2) is 267 Å². The smallest absolute Gasteiger partial charge is 0.0547 e. The Morgan fingerprint density at radius 2 is 0.809 bits per heavy atom. The second-order valence-electron chi connectivity index (χ2n) is 17.7. The average molecular weight is 865 g/mol. The highest BCUT2D eigenvalue weighted by Crippen LogP contribution is 2.45. The van der Waals surface area contributed by atoms with Gasteiger partial charge in [0.2, 0.25) is 0 Å². The van der Waals surface area contributed by atoms with Gasteiger partial charge in [0, 0.05) is 33.5 Å². The average Bonchev–Trinajstić information content (AvgIpc) is 3.77. The number of nitrogens with zero attached hydrogens (tertiary/aromatic N) is 2. The molecule has 1 aromatic heterocycles. The summed E-state index contributed by atoms with van der Waals surface area (Å²) in [6.45, 7) is 0. The van der Waals surface area contributed by atoms with Gasteiger partial charge in [0.25, 0.3) is 0 Å². The second-order valence-corrected chi connectivity index (χ2v) is 17.7. The molecule has 2 heteroatoms. The summed E-state index contributed by atoms with van der Waals surface area (Å²) < 4.78 is 2.43. The van der Waals surface area contributed by atoms with Crippen LogP contribution < -0.4 is 4.90 Å². The van der Waals surface area contributed by atoms with E-state index in [1.165, 1.54) is 81.9 Å². The zero-order valence-electron chi connectivity index (χ0n) is 37.3. The topological polar surface area (TPSA) is 8.17 Å². The van der Waals surface area contributed by atoms with E-state index >= 15 is 0 Å². The minimum Gasteiger partial charge on any atom is -0.310 e. The fourth-order valence-corrected chi connectivity index (χ4v) is 10.6. The Morgan fingerprint density at radius 3 is 1.53 bits per heavy atom. The zero-order valence-corrected chi connectivity index (χ0v) is 37.3. The van der Waals surface area contributed by atoms with E-state index in [9.17, 15) is 0 Å². The van der Waals surface area contributed by atoms with Gasteiger partial charge < -0.3 is 9.47 Å². The molecule has 68 heavy (non-hydrogen) atoms. The number of rotatable bonds is 8. The van der Waals surface area contributed by atoms with Crippen LogP contribution in [0.5, 0.6) is 0 Å². The molecule has 0 bridgehead atoms. The Hall–Kier alpha value is -8.98. The monoisotopic (exact) mass is 864 g/mol. The van der Waals surface area contributed by atoms with Crippen molar-refractivity contribution in [2.24, 2.45) is 0 Å². The van der Waals surface area contributed by atoms with Crippen molar-refractivity contribution in [3.05, 3.63) is 267 Å². The van der Waals surface area contributed by atoms with E-state index in [2.05, 4.69) is 276 Å². The maximum absolute atomic E-state index is 2.44. The molecular weight excluding hydrogens is 821 g/mol. The first-order valence-corrected chi connectivity index (χ1v) is 23.4. The third kappa shape index (κ3) is 6.73. The van der Waals surface area contributed by atoms with Crippen LogP contribution in [0.1, 0.15) is 0 Å². The molecule has 0 saturated heterocycles. The molecule has 12 aromatic carbocycles. The van der Waals surface area contributed by atoms with Crippen molar-refractivity contribution in [1.82, 2.24) is 4.57 Å². The first kappa shape index (κ1) is 39.4. The number of hydrogen-bond acceptors (Lipinski definition) is 1. The van der Waals surface area contributed by atoms with Crippen molar-refractivity contribution < 1.29 is 0 Å². The van der Waals surface area contributed by atoms with E-state index in [4.69, 9.17) is 0 Å². The summed E-state index contributed by atoms with van der Waals surface area (Å²) in [6.07, 6.45) is 0. The Labute approximate surface area is 395 Å². The van der Waals surface area contributed by atoms with Gasteiger partial charge in [-0.15, -0.1) is 0 Å². The Morgan fingerprint density at radius 1 is 0.250 bits per heavy atom. The van der Waals surface area contributed by atoms with Gasteiger partial charge in [0.15, 0.2) is 0 Å². The van der Waals surface area contributed by atoms with E-state index in [0.717, 1.165) is 39.4 Å². The summed E-state index contributed by atoms with van der Waals surface area (Å²) in [6, 6.07) is 97.6. The molecule has 0 aliphatic carbocycles. The molecule has 13 aromatic rings. The van der Waals surface area contributed by atoms with E-state index in [-0.39, 0.29) is 0 Å². The van der Waals surface area contributed by atoms with Gasteiger partial charge in [0.05, 0.1) is 11.0 Å². The standard InChI is InChI=1S/C66H44N2/c1-4-18-45(19-5-1)51-40-52(46-20-6-2-7-21-46)43-56(42-51)67(54-37-34-48(35-38-54)62-44-50-23-11-12-28-57(50)60-30-14-15-31-61(60)62)55-27-16-24-49(41-55)59-32-17-33-63-66(59)65-58-29-13-10-22-47(58)36-39-64(65)68(63)53-25-8-3-9-26-53/h1-44H. The van der Waals surface area contributed by atoms with Crippen LogP contribution in [0.25, 0.3) is 104 Å². The van der Waals surface area contributed by atoms with Crippen LogP contribution >= 0.6 is 0 Å². The van der Waals surface area contributed by atoms with E-state index in [1.807, 2.05) is 0 Å². The SMILES string of the molecule is c1ccc(-c2cc(-c3ccccc3)cc(N(c3ccc(-c4cc5ccccc5c5ccccc45)cc3)c3cccc(-c4cccc5c4c4c6ccccc6ccc4n5-c4ccccc4)c3)c2)cc1. The maximum atomic E-state index is 2.44. The van der Waals surface area contributed by atoms with Gasteiger partial charge in [-0.3, -0.25) is 0 Å². The predicted octanol–water partition coefficient (Wildman–Crippen LogP) is 18.4. The van der Waals surface area contributed by atoms with Gasteiger partial charge in [-0.1, -0.05) is 194 Å². The number of anilines is 3. The van der Waals surface area contributed by atoms with Crippen molar-refractivity contribution in [3.8, 4) is 50.2 Å². The molecule has 0 atom stereocenters. The van der Waals surface area contributed by atoms with Gasteiger partial charge in [-0.05, 0) is 150 Å². The fourth-order valence-electron chi connectivity index (χ4n) is 10.6. The quantitative estimate of drug-likeness (QED) is 0.138. The number of aromatic nitrogens is 1. The molecule has 0 radical (unpaired) electrons. The minimum atomic E-state index is 1.07. The van der Waals surface area contributed by atoms with Crippen molar-refractivity contribution >= 4 is 71.2 Å². The van der Waals surface area contributed by atoms with Crippen molar-refractivity contribution in [3.63, 3.8) is 0 Å². The van der Waals surface area contributed by atoms with Crippen LogP contribution in [-0.4, -0.2) is 4.57 Å². The molecule has 13 rings (SSSR count). The van der Waals surface area contributed by atoms with Crippen LogP contribution in [-0.2, 0) is 0 Å². The molecular formula is C66H44N2. The molecule has 0 aliphatic rings. The van der Waals surface area contributed by atoms with Crippen LogP contribution in [0.4, 0.5) is 17.1 Å². The predicted molar refractivity (Wildman–Crippen MR) is 290 cm³/mol. The summed E-state index contributed by atoms with van der Waals surface area (Å²) in [4.78, 5) is 2.44. The molecule has 0 spiro atoms. The molecule has 0 N–H and O–H groups in total. The summed E-state index contributed by atoms with van der Waals surface area (Å²) >= 11 is 0. The van der Waals surface area contributed by atoms with Crippen molar-refractivity contribution in [2.45, 2.75) is 0 Å². The summed E-state index contributed by atoms with van der Waals surface area (Å²) in [5, 5.41) is 10.0.